The van der Waals surface area contributed by atoms with Crippen LogP contribution in [0.5, 0.6) is 0 Å². The molecule has 5 heteroatoms. The van der Waals surface area contributed by atoms with Crippen molar-refractivity contribution in [1.82, 2.24) is 4.90 Å². The number of rotatable bonds is 3. The minimum atomic E-state index is -0.370. The van der Waals surface area contributed by atoms with E-state index in [1.807, 2.05) is 18.4 Å². The highest BCUT2D eigenvalue weighted by molar-refractivity contribution is 7.98. The molecular formula is C14H18ClNO2S. The summed E-state index contributed by atoms with van der Waals surface area (Å²) in [5.74, 6) is 0.135. The first kappa shape index (κ1) is 14.7. The summed E-state index contributed by atoms with van der Waals surface area (Å²) < 4.78 is 0. The van der Waals surface area contributed by atoms with Crippen molar-refractivity contribution in [3.63, 3.8) is 0 Å². The Morgan fingerprint density at radius 3 is 2.89 bits per heavy atom. The van der Waals surface area contributed by atoms with E-state index in [4.69, 9.17) is 11.6 Å². The molecule has 0 spiro atoms. The van der Waals surface area contributed by atoms with Crippen LogP contribution in [-0.2, 0) is 0 Å². The van der Waals surface area contributed by atoms with E-state index in [2.05, 4.69) is 0 Å². The molecule has 2 rings (SSSR count). The first-order valence-electron chi connectivity index (χ1n) is 6.33. The molecule has 3 nitrogen and oxygen atoms in total. The third-order valence-corrected chi connectivity index (χ3v) is 4.65. The van der Waals surface area contributed by atoms with Gasteiger partial charge in [-0.25, -0.2) is 0 Å². The third-order valence-electron chi connectivity index (χ3n) is 3.60. The molecule has 0 bridgehead atoms. The Kier molecular flexibility index (Phi) is 4.76. The zero-order chi connectivity index (χ0) is 14.0. The Morgan fingerprint density at radius 1 is 1.58 bits per heavy atom. The zero-order valence-electron chi connectivity index (χ0n) is 11.1. The fourth-order valence-electron chi connectivity index (χ4n) is 2.33. The number of amides is 1. The number of hydrogen-bond acceptors (Lipinski definition) is 3. The summed E-state index contributed by atoms with van der Waals surface area (Å²) in [6.45, 7) is 3.07. The Bertz CT molecular complexity index is 479. The van der Waals surface area contributed by atoms with Crippen LogP contribution in [0, 0.1) is 5.92 Å². The number of carbonyl (C=O) groups excluding carboxylic acids is 1. The van der Waals surface area contributed by atoms with Crippen molar-refractivity contribution in [2.75, 3.05) is 19.3 Å². The van der Waals surface area contributed by atoms with E-state index in [0.29, 0.717) is 23.7 Å². The van der Waals surface area contributed by atoms with Crippen LogP contribution in [0.15, 0.2) is 23.1 Å². The van der Waals surface area contributed by atoms with E-state index >= 15 is 0 Å². The Morgan fingerprint density at radius 2 is 2.32 bits per heavy atom. The van der Waals surface area contributed by atoms with Gasteiger partial charge in [0.2, 0.25) is 0 Å². The average Bonchev–Trinajstić information content (AvgIpc) is 2.88. The summed E-state index contributed by atoms with van der Waals surface area (Å²) in [6.07, 6.45) is 2.45. The smallest absolute Gasteiger partial charge is 0.255 e. The van der Waals surface area contributed by atoms with Gasteiger partial charge in [-0.1, -0.05) is 11.6 Å². The van der Waals surface area contributed by atoms with Gasteiger partial charge in [0, 0.05) is 23.9 Å². The lowest BCUT2D eigenvalue weighted by Crippen LogP contribution is -2.30. The molecule has 1 aromatic rings. The van der Waals surface area contributed by atoms with Crippen LogP contribution in [0.1, 0.15) is 23.7 Å². The van der Waals surface area contributed by atoms with Gasteiger partial charge in [0.1, 0.15) is 0 Å². The molecule has 1 saturated heterocycles. The first-order chi connectivity index (χ1) is 9.02. The van der Waals surface area contributed by atoms with Crippen molar-refractivity contribution >= 4 is 29.3 Å². The standard InChI is InChI=1S/C14H18ClNO2S/c1-9(17)10-5-6-16(8-10)14(18)12-7-11(19-2)3-4-13(12)15/h3-4,7,9-10,17H,5-6,8H2,1-2H3. The van der Waals surface area contributed by atoms with Crippen molar-refractivity contribution in [1.29, 1.82) is 0 Å². The second-order valence-electron chi connectivity index (χ2n) is 4.89. The molecule has 1 amide bonds. The van der Waals surface area contributed by atoms with E-state index in [1.54, 1.807) is 29.7 Å². The molecule has 1 aliphatic heterocycles. The molecule has 2 atom stereocenters. The van der Waals surface area contributed by atoms with Crippen LogP contribution < -0.4 is 0 Å². The van der Waals surface area contributed by atoms with Crippen LogP contribution in [0.2, 0.25) is 5.02 Å². The maximum Gasteiger partial charge on any atom is 0.255 e. The van der Waals surface area contributed by atoms with Crippen molar-refractivity contribution in [2.45, 2.75) is 24.3 Å². The largest absolute Gasteiger partial charge is 0.393 e. The Labute approximate surface area is 122 Å². The second kappa shape index (κ2) is 6.16. The summed E-state index contributed by atoms with van der Waals surface area (Å²) >= 11 is 7.71. The SMILES string of the molecule is CSc1ccc(Cl)c(C(=O)N2CCC(C(C)O)C2)c1. The molecule has 1 N–H and O–H groups in total. The van der Waals surface area contributed by atoms with E-state index < -0.39 is 0 Å². The molecule has 1 aliphatic rings. The fourth-order valence-corrected chi connectivity index (χ4v) is 2.97. The van der Waals surface area contributed by atoms with E-state index in [9.17, 15) is 9.90 Å². The van der Waals surface area contributed by atoms with Crippen LogP contribution >= 0.6 is 23.4 Å². The summed E-state index contributed by atoms with van der Waals surface area (Å²) in [5.41, 5.74) is 0.555. The number of carbonyl (C=O) groups is 1. The molecule has 0 aromatic heterocycles. The normalized spacial score (nSPS) is 20.6. The number of aliphatic hydroxyl groups excluding tert-OH is 1. The summed E-state index contributed by atoms with van der Waals surface area (Å²) in [6, 6.07) is 5.51. The van der Waals surface area contributed by atoms with Gasteiger partial charge in [-0.2, -0.15) is 0 Å². The minimum Gasteiger partial charge on any atom is -0.393 e. The number of benzene rings is 1. The predicted molar refractivity (Wildman–Crippen MR) is 78.9 cm³/mol. The Hall–Kier alpha value is -0.710. The second-order valence-corrected chi connectivity index (χ2v) is 6.17. The van der Waals surface area contributed by atoms with Crippen molar-refractivity contribution in [2.24, 2.45) is 5.92 Å². The van der Waals surface area contributed by atoms with E-state index in [0.717, 1.165) is 11.3 Å². The van der Waals surface area contributed by atoms with Crippen LogP contribution in [0.25, 0.3) is 0 Å². The molecule has 1 aromatic carbocycles. The molecular weight excluding hydrogens is 282 g/mol. The molecule has 1 fully saturated rings. The molecule has 0 aliphatic carbocycles. The first-order valence-corrected chi connectivity index (χ1v) is 7.94. The molecule has 1 heterocycles. The number of hydrogen-bond donors (Lipinski definition) is 1. The highest BCUT2D eigenvalue weighted by Gasteiger charge is 2.30. The lowest BCUT2D eigenvalue weighted by Gasteiger charge is -2.18. The van der Waals surface area contributed by atoms with Gasteiger partial charge in [0.25, 0.3) is 5.91 Å². The molecule has 104 valence electrons. The van der Waals surface area contributed by atoms with Crippen LogP contribution in [0.3, 0.4) is 0 Å². The lowest BCUT2D eigenvalue weighted by atomic mass is 10.0. The van der Waals surface area contributed by atoms with E-state index in [1.165, 1.54) is 0 Å². The zero-order valence-corrected chi connectivity index (χ0v) is 12.7. The summed E-state index contributed by atoms with van der Waals surface area (Å²) in [7, 11) is 0. The van der Waals surface area contributed by atoms with Gasteiger partial charge >= 0.3 is 0 Å². The van der Waals surface area contributed by atoms with Crippen LogP contribution in [0.4, 0.5) is 0 Å². The maximum atomic E-state index is 12.5. The third kappa shape index (κ3) is 3.25. The fraction of sp³-hybridized carbons (Fsp3) is 0.500. The van der Waals surface area contributed by atoms with Crippen molar-refractivity contribution < 1.29 is 9.90 Å². The average molecular weight is 300 g/mol. The number of nitrogens with zero attached hydrogens (tertiary/aromatic N) is 1. The monoisotopic (exact) mass is 299 g/mol. The molecule has 19 heavy (non-hydrogen) atoms. The number of aliphatic hydroxyl groups is 1. The quantitative estimate of drug-likeness (QED) is 0.873. The number of thioether (sulfide) groups is 1. The highest BCUT2D eigenvalue weighted by atomic mass is 35.5. The highest BCUT2D eigenvalue weighted by Crippen LogP contribution is 2.27. The topological polar surface area (TPSA) is 40.5 Å². The van der Waals surface area contributed by atoms with Crippen molar-refractivity contribution in [3.8, 4) is 0 Å². The van der Waals surface area contributed by atoms with Gasteiger partial charge < -0.3 is 10.0 Å². The maximum absolute atomic E-state index is 12.5. The molecule has 0 radical (unpaired) electrons. The number of halogens is 1. The van der Waals surface area contributed by atoms with Gasteiger partial charge in [-0.3, -0.25) is 4.79 Å². The number of likely N-dealkylation sites (tertiary alicyclic amines) is 1. The van der Waals surface area contributed by atoms with E-state index in [-0.39, 0.29) is 17.9 Å². The van der Waals surface area contributed by atoms with Gasteiger partial charge in [-0.05, 0) is 37.8 Å². The van der Waals surface area contributed by atoms with Gasteiger partial charge in [-0.15, -0.1) is 11.8 Å². The lowest BCUT2D eigenvalue weighted by molar-refractivity contribution is 0.0762. The molecule has 0 saturated carbocycles. The van der Waals surface area contributed by atoms with Gasteiger partial charge in [0.15, 0.2) is 0 Å². The van der Waals surface area contributed by atoms with Crippen LogP contribution in [-0.4, -0.2) is 41.4 Å². The summed E-state index contributed by atoms with van der Waals surface area (Å²) in [4.78, 5) is 15.3. The minimum absolute atomic E-state index is 0.0379. The molecule has 2 unspecified atom stereocenters. The van der Waals surface area contributed by atoms with Crippen molar-refractivity contribution in [3.05, 3.63) is 28.8 Å². The van der Waals surface area contributed by atoms with Gasteiger partial charge in [0.05, 0.1) is 16.7 Å². The Balaban J connectivity index is 2.16. The summed E-state index contributed by atoms with van der Waals surface area (Å²) in [5, 5.41) is 10.1. The predicted octanol–water partition coefficient (Wildman–Crippen LogP) is 2.90.